The van der Waals surface area contributed by atoms with E-state index >= 15 is 0 Å². The van der Waals surface area contributed by atoms with Crippen LogP contribution in [0.25, 0.3) is 0 Å². The maximum atomic E-state index is 12.2. The minimum absolute atomic E-state index is 0.0337. The van der Waals surface area contributed by atoms with Gasteiger partial charge in [-0.3, -0.25) is 4.79 Å². The van der Waals surface area contributed by atoms with E-state index in [-0.39, 0.29) is 11.5 Å². The molecule has 2 bridgehead atoms. The largest absolute Gasteiger partial charge is 0.480 e. The van der Waals surface area contributed by atoms with Gasteiger partial charge in [-0.05, 0) is 55.5 Å². The van der Waals surface area contributed by atoms with Crippen LogP contribution in [-0.4, -0.2) is 22.2 Å². The molecule has 3 rings (SSSR count). The van der Waals surface area contributed by atoms with Crippen molar-refractivity contribution in [3.05, 3.63) is 58.2 Å². The minimum atomic E-state index is -1.05. The normalized spacial score (nSPS) is 28.0. The molecule has 0 aliphatic heterocycles. The average Bonchev–Trinajstić information content (AvgIpc) is 2.45. The van der Waals surface area contributed by atoms with Gasteiger partial charge in [-0.2, -0.15) is 0 Å². The second kappa shape index (κ2) is 4.83. The first kappa shape index (κ1) is 14.6. The molecule has 0 heterocycles. The number of carboxylic acids is 2. The highest BCUT2D eigenvalue weighted by Gasteiger charge is 2.51. The van der Waals surface area contributed by atoms with Crippen LogP contribution in [0.4, 0.5) is 0 Å². The summed E-state index contributed by atoms with van der Waals surface area (Å²) in [5.41, 5.74) is 2.72. The molecular weight excluding hydrogens is 280 g/mol. The second-order valence-electron chi connectivity index (χ2n) is 6.13. The molecule has 114 valence electrons. The number of hydrogen-bond donors (Lipinski definition) is 2. The molecular formula is C18H18O4. The van der Waals surface area contributed by atoms with Gasteiger partial charge >= 0.3 is 11.9 Å². The molecule has 22 heavy (non-hydrogen) atoms. The molecule has 1 aromatic carbocycles. The summed E-state index contributed by atoms with van der Waals surface area (Å²) in [5.74, 6) is -1.81. The fraction of sp³-hybridized carbons (Fsp3) is 0.333. The van der Waals surface area contributed by atoms with Gasteiger partial charge in [0.25, 0.3) is 0 Å². The Labute approximate surface area is 128 Å². The summed E-state index contributed by atoms with van der Waals surface area (Å²) in [6.45, 7) is 3.85. The summed E-state index contributed by atoms with van der Waals surface area (Å²) in [5, 5.41) is 19.2. The van der Waals surface area contributed by atoms with Crippen molar-refractivity contribution in [2.24, 2.45) is 5.92 Å². The van der Waals surface area contributed by atoms with Gasteiger partial charge in [0.05, 0.1) is 5.56 Å². The van der Waals surface area contributed by atoms with Crippen LogP contribution >= 0.6 is 0 Å². The fourth-order valence-electron chi connectivity index (χ4n) is 4.07. The Kier molecular flexibility index (Phi) is 3.20. The molecule has 2 N–H and O–H groups in total. The van der Waals surface area contributed by atoms with Crippen LogP contribution in [0.5, 0.6) is 0 Å². The Hall–Kier alpha value is -2.36. The van der Waals surface area contributed by atoms with Gasteiger partial charge < -0.3 is 10.2 Å². The van der Waals surface area contributed by atoms with Crippen LogP contribution in [0.2, 0.25) is 0 Å². The Morgan fingerprint density at radius 1 is 1.32 bits per heavy atom. The number of allylic oxidation sites excluding steroid dienone is 3. The third-order valence-corrected chi connectivity index (χ3v) is 4.85. The van der Waals surface area contributed by atoms with Gasteiger partial charge in [-0.15, -0.1) is 0 Å². The summed E-state index contributed by atoms with van der Waals surface area (Å²) in [6.07, 6.45) is 5.13. The van der Waals surface area contributed by atoms with Crippen LogP contribution in [0.15, 0.2) is 41.5 Å². The third kappa shape index (κ3) is 1.83. The first-order chi connectivity index (χ1) is 10.4. The summed E-state index contributed by atoms with van der Waals surface area (Å²) < 4.78 is 0. The zero-order valence-electron chi connectivity index (χ0n) is 12.6. The fourth-order valence-corrected chi connectivity index (χ4v) is 4.07. The number of aromatic carboxylic acids is 1. The molecule has 2 unspecified atom stereocenters. The van der Waals surface area contributed by atoms with Crippen LogP contribution in [-0.2, 0) is 16.6 Å². The molecule has 4 nitrogen and oxygen atoms in total. The van der Waals surface area contributed by atoms with Crippen molar-refractivity contribution < 1.29 is 19.8 Å². The van der Waals surface area contributed by atoms with Gasteiger partial charge in [-0.1, -0.05) is 23.8 Å². The number of fused-ring (bicyclic) bond motifs is 4. The number of carbonyl (C=O) groups is 2. The maximum absolute atomic E-state index is 12.2. The highest BCUT2D eigenvalue weighted by molar-refractivity contribution is 5.91. The monoisotopic (exact) mass is 298 g/mol. The summed E-state index contributed by atoms with van der Waals surface area (Å²) in [7, 11) is 0. The van der Waals surface area contributed by atoms with Crippen molar-refractivity contribution in [3.8, 4) is 0 Å². The highest BCUT2D eigenvalue weighted by atomic mass is 16.4. The zero-order chi connectivity index (χ0) is 16.1. The van der Waals surface area contributed by atoms with E-state index < -0.39 is 17.4 Å². The van der Waals surface area contributed by atoms with Crippen LogP contribution in [0.3, 0.4) is 0 Å². The SMILES string of the molecule is C/C=C1\C2C=C(C)CC1(C(=O)O)c1ccc(C(=O)O)cc1C2. The molecule has 0 saturated carbocycles. The molecule has 1 aromatic rings. The van der Waals surface area contributed by atoms with Crippen LogP contribution in [0.1, 0.15) is 41.8 Å². The molecule has 0 radical (unpaired) electrons. The molecule has 0 aromatic heterocycles. The first-order valence-corrected chi connectivity index (χ1v) is 7.34. The van der Waals surface area contributed by atoms with Gasteiger partial charge in [-0.25, -0.2) is 4.79 Å². The lowest BCUT2D eigenvalue weighted by Gasteiger charge is -2.45. The van der Waals surface area contributed by atoms with E-state index in [9.17, 15) is 14.7 Å². The molecule has 2 atom stereocenters. The zero-order valence-corrected chi connectivity index (χ0v) is 12.6. The lowest BCUT2D eigenvalue weighted by atomic mass is 9.57. The predicted octanol–water partition coefficient (Wildman–Crippen LogP) is 3.18. The van der Waals surface area contributed by atoms with Gasteiger partial charge in [0.2, 0.25) is 0 Å². The van der Waals surface area contributed by atoms with Crippen molar-refractivity contribution in [2.75, 3.05) is 0 Å². The smallest absolute Gasteiger partial charge is 0.335 e. The number of aliphatic carboxylic acids is 1. The summed E-state index contributed by atoms with van der Waals surface area (Å²) in [6, 6.07) is 4.82. The van der Waals surface area contributed by atoms with Crippen molar-refractivity contribution in [2.45, 2.75) is 32.1 Å². The molecule has 0 amide bonds. The maximum Gasteiger partial charge on any atom is 0.335 e. The van der Waals surface area contributed by atoms with Crippen molar-refractivity contribution >= 4 is 11.9 Å². The van der Waals surface area contributed by atoms with Crippen molar-refractivity contribution in [1.29, 1.82) is 0 Å². The van der Waals surface area contributed by atoms with Gasteiger partial charge in [0.15, 0.2) is 0 Å². The van der Waals surface area contributed by atoms with E-state index in [2.05, 4.69) is 6.08 Å². The van der Waals surface area contributed by atoms with Crippen LogP contribution in [0, 0.1) is 5.92 Å². The Balaban J connectivity index is 2.30. The Morgan fingerprint density at radius 2 is 2.05 bits per heavy atom. The average molecular weight is 298 g/mol. The molecule has 2 aliphatic rings. The van der Waals surface area contributed by atoms with Gasteiger partial charge in [0.1, 0.15) is 5.41 Å². The van der Waals surface area contributed by atoms with Crippen molar-refractivity contribution in [3.63, 3.8) is 0 Å². The summed E-state index contributed by atoms with van der Waals surface area (Å²) in [4.78, 5) is 23.4. The number of hydrogen-bond acceptors (Lipinski definition) is 2. The highest BCUT2D eigenvalue weighted by Crippen LogP contribution is 2.51. The van der Waals surface area contributed by atoms with E-state index in [1.54, 1.807) is 12.1 Å². The molecule has 0 spiro atoms. The quantitative estimate of drug-likeness (QED) is 0.822. The van der Waals surface area contributed by atoms with E-state index in [0.717, 1.165) is 22.3 Å². The molecule has 4 heteroatoms. The second-order valence-corrected chi connectivity index (χ2v) is 6.13. The Bertz CT molecular complexity index is 741. The standard InChI is InChI=1S/C18H18O4/c1-3-14-12-6-10(2)9-18(14,17(21)22)15-5-4-11(16(19)20)7-13(15)8-12/h3-7,12H,8-9H2,1-2H3,(H,19,20)(H,21,22)/b14-3+. The van der Waals surface area contributed by atoms with E-state index in [1.165, 1.54) is 6.07 Å². The Morgan fingerprint density at radius 3 is 2.64 bits per heavy atom. The number of rotatable bonds is 2. The first-order valence-electron chi connectivity index (χ1n) is 7.34. The lowest BCUT2D eigenvalue weighted by molar-refractivity contribution is -0.142. The molecule has 0 fully saturated rings. The minimum Gasteiger partial charge on any atom is -0.480 e. The topological polar surface area (TPSA) is 74.6 Å². The lowest BCUT2D eigenvalue weighted by Crippen LogP contribution is -2.46. The third-order valence-electron chi connectivity index (χ3n) is 4.85. The van der Waals surface area contributed by atoms with Crippen LogP contribution < -0.4 is 0 Å². The molecule has 2 aliphatic carbocycles. The molecule has 0 saturated heterocycles. The number of benzene rings is 1. The van der Waals surface area contributed by atoms with Gasteiger partial charge in [0, 0.05) is 5.92 Å². The van der Waals surface area contributed by atoms with Crippen molar-refractivity contribution in [1.82, 2.24) is 0 Å². The van der Waals surface area contributed by atoms with E-state index in [4.69, 9.17) is 5.11 Å². The van der Waals surface area contributed by atoms with E-state index in [1.807, 2.05) is 19.9 Å². The number of carboxylic acid groups (broad SMARTS) is 2. The predicted molar refractivity (Wildman–Crippen MR) is 82.0 cm³/mol. The summed E-state index contributed by atoms with van der Waals surface area (Å²) >= 11 is 0. The van der Waals surface area contributed by atoms with E-state index in [0.29, 0.717) is 12.8 Å².